The van der Waals surface area contributed by atoms with Gasteiger partial charge in [0.15, 0.2) is 6.10 Å². The first-order valence-corrected chi connectivity index (χ1v) is 15.7. The molecule has 2 aliphatic rings. The Labute approximate surface area is 289 Å². The van der Waals surface area contributed by atoms with Crippen molar-refractivity contribution in [3.63, 3.8) is 0 Å². The first-order chi connectivity index (χ1) is 23.6. The van der Waals surface area contributed by atoms with Crippen molar-refractivity contribution in [1.82, 2.24) is 10.6 Å². The number of allylic oxidation sites excluding steroid dienone is 4. The number of methoxy groups -OCH3 is 2. The van der Waals surface area contributed by atoms with E-state index in [1.165, 1.54) is 51.5 Å². The van der Waals surface area contributed by atoms with E-state index in [9.17, 15) is 39.2 Å². The number of fused-ring (bicyclic) bond motifs is 2. The highest BCUT2D eigenvalue weighted by molar-refractivity contribution is 6.24. The zero-order valence-electron chi connectivity index (χ0n) is 28.6. The standard InChI is InChI=1S/C35H42N4O11/c1-18-14-24-29(38-34(44)22-10-12-23(13-11-22)39(46)47)26(40)17-25(31(24)42)37-33(43)19(2)8-7-9-27(48-5)32(50-35(36)45)21(4)16-20(3)30(41)28(15-18)49-6/h7-13,16-18,20,27-28,30,32,41H,14-15H2,1-6H3,(H2,36,45)(H,37,43)(H,38,44)/b9-7-,19-8-,21-16-/t18-,20+,27-,28-,30+,32-/m1/s1. The van der Waals surface area contributed by atoms with Crippen LogP contribution < -0.4 is 16.4 Å². The highest BCUT2D eigenvalue weighted by atomic mass is 16.6. The Morgan fingerprint density at radius 2 is 1.74 bits per heavy atom. The molecule has 5 N–H and O–H groups in total. The van der Waals surface area contributed by atoms with Crippen LogP contribution in [0.5, 0.6) is 0 Å². The van der Waals surface area contributed by atoms with Gasteiger partial charge >= 0.3 is 6.09 Å². The molecule has 1 aromatic rings. The van der Waals surface area contributed by atoms with Crippen LogP contribution in [0.25, 0.3) is 0 Å². The first-order valence-electron chi connectivity index (χ1n) is 15.7. The number of amides is 3. The Hall–Kier alpha value is -5.25. The maximum absolute atomic E-state index is 13.9. The lowest BCUT2D eigenvalue weighted by Gasteiger charge is -2.30. The Balaban J connectivity index is 2.08. The van der Waals surface area contributed by atoms with Crippen molar-refractivity contribution in [2.45, 2.75) is 65.0 Å². The van der Waals surface area contributed by atoms with Crippen LogP contribution in [-0.2, 0) is 28.6 Å². The summed E-state index contributed by atoms with van der Waals surface area (Å²) < 4.78 is 16.5. The van der Waals surface area contributed by atoms with Gasteiger partial charge in [0.05, 0.1) is 28.5 Å². The number of nitrogens with one attached hydrogen (secondary N) is 2. The van der Waals surface area contributed by atoms with Crippen molar-refractivity contribution in [2.75, 3.05) is 14.2 Å². The summed E-state index contributed by atoms with van der Waals surface area (Å²) in [7, 11) is 2.81. The molecule has 2 bridgehead atoms. The summed E-state index contributed by atoms with van der Waals surface area (Å²) in [5.41, 5.74) is 5.07. The first kappa shape index (κ1) is 39.2. The third kappa shape index (κ3) is 9.90. The van der Waals surface area contributed by atoms with Gasteiger partial charge in [-0.1, -0.05) is 38.2 Å². The normalized spacial score (nSPS) is 28.3. The molecular formula is C35H42N4O11. The molecule has 0 spiro atoms. The Bertz CT molecular complexity index is 1670. The van der Waals surface area contributed by atoms with Crippen molar-refractivity contribution in [1.29, 1.82) is 0 Å². The number of nitro benzene ring substituents is 1. The monoisotopic (exact) mass is 694 g/mol. The van der Waals surface area contributed by atoms with Gasteiger partial charge in [-0.05, 0) is 50.3 Å². The number of hydrogen-bond acceptors (Lipinski definition) is 11. The van der Waals surface area contributed by atoms with Crippen LogP contribution in [0.3, 0.4) is 0 Å². The largest absolute Gasteiger partial charge is 0.439 e. The zero-order chi connectivity index (χ0) is 37.3. The average Bonchev–Trinajstić information content (AvgIpc) is 3.07. The number of carbonyl (C=O) groups excluding carboxylic acids is 5. The number of nitro groups is 1. The Morgan fingerprint density at radius 3 is 2.32 bits per heavy atom. The van der Waals surface area contributed by atoms with E-state index in [1.807, 2.05) is 0 Å². The van der Waals surface area contributed by atoms with Gasteiger partial charge in [-0.25, -0.2) is 4.79 Å². The molecule has 0 saturated carbocycles. The molecule has 3 amide bonds. The second-order valence-electron chi connectivity index (χ2n) is 12.2. The highest BCUT2D eigenvalue weighted by Gasteiger charge is 2.34. The number of non-ortho nitro benzene ring substituents is 1. The van der Waals surface area contributed by atoms with Gasteiger partial charge in [-0.15, -0.1) is 0 Å². The van der Waals surface area contributed by atoms with E-state index in [-0.39, 0.29) is 46.6 Å². The van der Waals surface area contributed by atoms with Crippen molar-refractivity contribution in [3.8, 4) is 0 Å². The molecule has 0 saturated heterocycles. The Morgan fingerprint density at radius 1 is 1.08 bits per heavy atom. The molecule has 268 valence electrons. The molecule has 0 fully saturated rings. The highest BCUT2D eigenvalue weighted by Crippen LogP contribution is 2.29. The molecule has 15 heteroatoms. The fourth-order valence-electron chi connectivity index (χ4n) is 5.64. The SMILES string of the molecule is CO[C@@H]1/C=C\C=C(\C)C(=O)NC2=CC(=O)C(NC(=O)c3ccc([N+](=O)[O-])cc3)=C(C[C@@H](C)C[C@@H](OC)[C@@H](O)[C@@H](C)/C=C(/C)[C@H]1OC(N)=O)C2=O. The van der Waals surface area contributed by atoms with E-state index in [1.54, 1.807) is 26.8 Å². The molecule has 1 aromatic carbocycles. The second kappa shape index (κ2) is 17.4. The van der Waals surface area contributed by atoms with Crippen LogP contribution in [0.1, 0.15) is 50.9 Å². The minimum absolute atomic E-state index is 0.00378. The maximum Gasteiger partial charge on any atom is 0.405 e. The summed E-state index contributed by atoms with van der Waals surface area (Å²) in [5, 5.41) is 27.3. The number of benzene rings is 1. The van der Waals surface area contributed by atoms with Gasteiger partial charge in [0.25, 0.3) is 17.5 Å². The number of hydrogen-bond donors (Lipinski definition) is 4. The van der Waals surface area contributed by atoms with Gasteiger partial charge in [-0.2, -0.15) is 0 Å². The molecule has 0 radical (unpaired) electrons. The number of ketones is 2. The van der Waals surface area contributed by atoms with Gasteiger partial charge in [-0.3, -0.25) is 29.3 Å². The van der Waals surface area contributed by atoms with E-state index in [2.05, 4.69) is 10.6 Å². The fourth-order valence-corrected chi connectivity index (χ4v) is 5.64. The number of rotatable bonds is 6. The molecule has 6 atom stereocenters. The lowest BCUT2D eigenvalue weighted by molar-refractivity contribution is -0.384. The Kier molecular flexibility index (Phi) is 13.7. The van der Waals surface area contributed by atoms with Crippen molar-refractivity contribution < 1.29 is 48.2 Å². The quantitative estimate of drug-likeness (QED) is 0.146. The number of primary amides is 1. The number of ether oxygens (including phenoxy) is 3. The van der Waals surface area contributed by atoms with Crippen LogP contribution in [0.15, 0.2) is 82.8 Å². The molecule has 3 rings (SSSR count). The minimum atomic E-state index is -1.08. The van der Waals surface area contributed by atoms with Gasteiger partial charge in [0, 0.05) is 55.1 Å². The van der Waals surface area contributed by atoms with E-state index in [0.717, 1.165) is 18.2 Å². The molecule has 1 aliphatic carbocycles. The molecule has 0 aromatic heterocycles. The lowest BCUT2D eigenvalue weighted by Crippen LogP contribution is -2.38. The van der Waals surface area contributed by atoms with Gasteiger partial charge in [0.1, 0.15) is 6.10 Å². The third-order valence-corrected chi connectivity index (χ3v) is 8.37. The predicted octanol–water partition coefficient (Wildman–Crippen LogP) is 3.10. The van der Waals surface area contributed by atoms with E-state index >= 15 is 0 Å². The summed E-state index contributed by atoms with van der Waals surface area (Å²) in [4.78, 5) is 75.8. The summed E-state index contributed by atoms with van der Waals surface area (Å²) in [5.74, 6) is -3.91. The molecule has 15 nitrogen and oxygen atoms in total. The topological polar surface area (TPSA) is 226 Å². The van der Waals surface area contributed by atoms with E-state index in [0.29, 0.717) is 5.57 Å². The molecular weight excluding hydrogens is 652 g/mol. The molecule has 1 aliphatic heterocycles. The smallest absolute Gasteiger partial charge is 0.405 e. The van der Waals surface area contributed by atoms with Crippen LogP contribution in [0.4, 0.5) is 10.5 Å². The minimum Gasteiger partial charge on any atom is -0.439 e. The summed E-state index contributed by atoms with van der Waals surface area (Å²) in [6.07, 6.45) is 2.48. The van der Waals surface area contributed by atoms with Crippen LogP contribution in [0, 0.1) is 22.0 Å². The summed E-state index contributed by atoms with van der Waals surface area (Å²) in [6.45, 7) is 6.67. The third-order valence-electron chi connectivity index (χ3n) is 8.37. The zero-order valence-corrected chi connectivity index (χ0v) is 28.6. The number of aliphatic hydroxyl groups excluding tert-OH is 1. The molecule has 1 heterocycles. The number of Topliss-reactive ketones (excluding diaryl/α,β-unsaturated/α-hetero) is 1. The van der Waals surface area contributed by atoms with Crippen molar-refractivity contribution in [2.24, 2.45) is 17.6 Å². The number of nitrogens with zero attached hydrogens (tertiary/aromatic N) is 1. The number of nitrogens with two attached hydrogens (primary N) is 1. The van der Waals surface area contributed by atoms with Crippen LogP contribution in [-0.4, -0.2) is 78.1 Å². The predicted molar refractivity (Wildman–Crippen MR) is 180 cm³/mol. The average molecular weight is 695 g/mol. The number of carbonyl (C=O) groups is 5. The molecule has 0 unspecified atom stereocenters. The van der Waals surface area contributed by atoms with Gasteiger partial charge in [0.2, 0.25) is 11.6 Å². The van der Waals surface area contributed by atoms with E-state index < -0.39 is 70.6 Å². The van der Waals surface area contributed by atoms with E-state index in [4.69, 9.17) is 19.9 Å². The summed E-state index contributed by atoms with van der Waals surface area (Å²) >= 11 is 0. The van der Waals surface area contributed by atoms with Crippen LogP contribution >= 0.6 is 0 Å². The summed E-state index contributed by atoms with van der Waals surface area (Å²) in [6, 6.07) is 4.70. The lowest BCUT2D eigenvalue weighted by atomic mass is 9.85. The van der Waals surface area contributed by atoms with Crippen molar-refractivity contribution in [3.05, 3.63) is 98.4 Å². The second-order valence-corrected chi connectivity index (χ2v) is 12.2. The molecule has 50 heavy (non-hydrogen) atoms. The fraction of sp³-hybridized carbons (Fsp3) is 0.400. The van der Waals surface area contributed by atoms with Gasteiger partial charge < -0.3 is 35.7 Å². The van der Waals surface area contributed by atoms with Crippen LogP contribution in [0.2, 0.25) is 0 Å². The maximum atomic E-state index is 13.9. The van der Waals surface area contributed by atoms with Crippen molar-refractivity contribution >= 4 is 35.2 Å². The number of aliphatic hydroxyl groups is 1.